The van der Waals surface area contributed by atoms with Crippen molar-refractivity contribution >= 4 is 6.29 Å². The van der Waals surface area contributed by atoms with Crippen LogP contribution in [0.15, 0.2) is 11.6 Å². The third kappa shape index (κ3) is 1.47. The van der Waals surface area contributed by atoms with E-state index in [4.69, 9.17) is 0 Å². The molecule has 1 aliphatic carbocycles. The first-order valence-electron chi connectivity index (χ1n) is 3.87. The van der Waals surface area contributed by atoms with E-state index >= 15 is 0 Å². The minimum atomic E-state index is 0.770. The number of rotatable bonds is 1. The van der Waals surface area contributed by atoms with Gasteiger partial charge in [0.25, 0.3) is 0 Å². The van der Waals surface area contributed by atoms with Crippen molar-refractivity contribution in [3.05, 3.63) is 11.6 Å². The average molecular weight is 138 g/mol. The van der Waals surface area contributed by atoms with Crippen molar-refractivity contribution in [1.82, 2.24) is 0 Å². The van der Waals surface area contributed by atoms with Crippen molar-refractivity contribution < 1.29 is 4.79 Å². The van der Waals surface area contributed by atoms with Crippen LogP contribution in [0.3, 0.4) is 0 Å². The average Bonchev–Trinajstić information content (AvgIpc) is 2.14. The fourth-order valence-corrected chi connectivity index (χ4v) is 1.55. The molecule has 1 aliphatic rings. The molecule has 0 aromatic rings. The summed E-state index contributed by atoms with van der Waals surface area (Å²) >= 11 is 0. The zero-order valence-corrected chi connectivity index (χ0v) is 6.63. The fraction of sp³-hybridized carbons (Fsp3) is 0.667. The van der Waals surface area contributed by atoms with E-state index in [0.717, 1.165) is 31.0 Å². The second-order valence-corrected chi connectivity index (χ2v) is 3.32. The van der Waals surface area contributed by atoms with Crippen LogP contribution < -0.4 is 0 Å². The minimum Gasteiger partial charge on any atom is -0.299 e. The summed E-state index contributed by atoms with van der Waals surface area (Å²) in [5.41, 5.74) is 1.33. The maximum atomic E-state index is 10.1. The van der Waals surface area contributed by atoms with Crippen molar-refractivity contribution in [3.63, 3.8) is 0 Å². The Morgan fingerprint density at radius 2 is 1.80 bits per heavy atom. The van der Waals surface area contributed by atoms with Crippen molar-refractivity contribution in [1.29, 1.82) is 0 Å². The number of carbonyl (C=O) groups excluding carboxylic acids is 1. The van der Waals surface area contributed by atoms with Gasteiger partial charge < -0.3 is 0 Å². The fourth-order valence-electron chi connectivity index (χ4n) is 1.55. The Labute approximate surface area is 62.1 Å². The first kappa shape index (κ1) is 7.52. The minimum absolute atomic E-state index is 0.770. The van der Waals surface area contributed by atoms with E-state index in [1.807, 2.05) is 0 Å². The standard InChI is InChI=1S/C9H14O/c1-7-5-9(3-4-10)6-8(7)2/h3-4,7-8H,5-6H2,1-2H3/t7-,8-/m1/s1. The third-order valence-corrected chi connectivity index (χ3v) is 2.44. The van der Waals surface area contributed by atoms with Gasteiger partial charge in [0.1, 0.15) is 6.29 Å². The predicted octanol–water partition coefficient (Wildman–Crippen LogP) is 2.18. The second kappa shape index (κ2) is 3.00. The number of hydrogen-bond acceptors (Lipinski definition) is 1. The highest BCUT2D eigenvalue weighted by Gasteiger charge is 2.22. The molecule has 0 spiro atoms. The Kier molecular flexibility index (Phi) is 2.25. The van der Waals surface area contributed by atoms with Crippen LogP contribution in [0.25, 0.3) is 0 Å². The highest BCUT2D eigenvalue weighted by molar-refractivity contribution is 5.66. The SMILES string of the molecule is C[C@@H]1CC(=CC=O)C[C@H]1C. The lowest BCUT2D eigenvalue weighted by atomic mass is 10.0. The van der Waals surface area contributed by atoms with Crippen LogP contribution in [-0.4, -0.2) is 6.29 Å². The van der Waals surface area contributed by atoms with Crippen molar-refractivity contribution in [2.45, 2.75) is 26.7 Å². The predicted molar refractivity (Wildman–Crippen MR) is 41.7 cm³/mol. The lowest BCUT2D eigenvalue weighted by molar-refractivity contribution is -0.104. The van der Waals surface area contributed by atoms with Crippen LogP contribution in [0, 0.1) is 11.8 Å². The summed E-state index contributed by atoms with van der Waals surface area (Å²) in [6, 6.07) is 0. The molecular formula is C9H14O. The molecule has 1 rings (SSSR count). The van der Waals surface area contributed by atoms with E-state index in [1.54, 1.807) is 6.08 Å². The van der Waals surface area contributed by atoms with E-state index in [0.29, 0.717) is 0 Å². The molecule has 56 valence electrons. The van der Waals surface area contributed by atoms with Gasteiger partial charge in [-0.2, -0.15) is 0 Å². The molecule has 0 aromatic carbocycles. The molecule has 0 N–H and O–H groups in total. The van der Waals surface area contributed by atoms with Gasteiger partial charge >= 0.3 is 0 Å². The lowest BCUT2D eigenvalue weighted by Gasteiger charge is -2.04. The molecule has 0 bridgehead atoms. The number of aldehydes is 1. The Bertz CT molecular complexity index is 146. The van der Waals surface area contributed by atoms with Crippen LogP contribution >= 0.6 is 0 Å². The van der Waals surface area contributed by atoms with Gasteiger partial charge in [-0.25, -0.2) is 0 Å². The number of hydrogen-bond donors (Lipinski definition) is 0. The first-order chi connectivity index (χ1) is 4.74. The molecule has 0 aromatic heterocycles. The van der Waals surface area contributed by atoms with Gasteiger partial charge in [-0.3, -0.25) is 4.79 Å². The summed E-state index contributed by atoms with van der Waals surface area (Å²) < 4.78 is 0. The van der Waals surface area contributed by atoms with Gasteiger partial charge in [0.05, 0.1) is 0 Å². The summed E-state index contributed by atoms with van der Waals surface area (Å²) in [5.74, 6) is 1.54. The monoisotopic (exact) mass is 138 g/mol. The van der Waals surface area contributed by atoms with Gasteiger partial charge in [-0.05, 0) is 30.8 Å². The molecule has 10 heavy (non-hydrogen) atoms. The second-order valence-electron chi connectivity index (χ2n) is 3.32. The molecule has 0 heterocycles. The Hall–Kier alpha value is -0.590. The molecule has 0 radical (unpaired) electrons. The zero-order chi connectivity index (χ0) is 7.56. The topological polar surface area (TPSA) is 17.1 Å². The molecule has 2 atom stereocenters. The van der Waals surface area contributed by atoms with E-state index in [-0.39, 0.29) is 0 Å². The van der Waals surface area contributed by atoms with Crippen LogP contribution in [0.4, 0.5) is 0 Å². The number of allylic oxidation sites excluding steroid dienone is 2. The van der Waals surface area contributed by atoms with Gasteiger partial charge in [0, 0.05) is 0 Å². The van der Waals surface area contributed by atoms with Crippen LogP contribution in [0.2, 0.25) is 0 Å². The van der Waals surface area contributed by atoms with Crippen molar-refractivity contribution in [3.8, 4) is 0 Å². The Morgan fingerprint density at radius 3 is 2.20 bits per heavy atom. The van der Waals surface area contributed by atoms with Crippen molar-refractivity contribution in [2.75, 3.05) is 0 Å². The van der Waals surface area contributed by atoms with Gasteiger partial charge in [0.2, 0.25) is 0 Å². The van der Waals surface area contributed by atoms with E-state index in [2.05, 4.69) is 13.8 Å². The lowest BCUT2D eigenvalue weighted by Crippen LogP contribution is -1.95. The third-order valence-electron chi connectivity index (χ3n) is 2.44. The Balaban J connectivity index is 2.56. The molecule has 0 saturated heterocycles. The first-order valence-corrected chi connectivity index (χ1v) is 3.87. The molecule has 0 unspecified atom stereocenters. The molecule has 0 aliphatic heterocycles. The van der Waals surface area contributed by atoms with Gasteiger partial charge in [0.15, 0.2) is 0 Å². The zero-order valence-electron chi connectivity index (χ0n) is 6.63. The summed E-state index contributed by atoms with van der Waals surface area (Å²) in [4.78, 5) is 10.1. The largest absolute Gasteiger partial charge is 0.299 e. The highest BCUT2D eigenvalue weighted by Crippen LogP contribution is 2.34. The molecule has 1 saturated carbocycles. The maximum Gasteiger partial charge on any atom is 0.142 e. The van der Waals surface area contributed by atoms with E-state index in [9.17, 15) is 4.79 Å². The summed E-state index contributed by atoms with van der Waals surface area (Å²) in [7, 11) is 0. The van der Waals surface area contributed by atoms with Crippen LogP contribution in [-0.2, 0) is 4.79 Å². The molecule has 1 heteroatoms. The molecular weight excluding hydrogens is 124 g/mol. The number of carbonyl (C=O) groups is 1. The summed E-state index contributed by atoms with van der Waals surface area (Å²) in [5, 5.41) is 0. The molecule has 1 fully saturated rings. The van der Waals surface area contributed by atoms with Gasteiger partial charge in [-0.1, -0.05) is 19.4 Å². The quantitative estimate of drug-likeness (QED) is 0.401. The molecule has 0 amide bonds. The maximum absolute atomic E-state index is 10.1. The van der Waals surface area contributed by atoms with E-state index in [1.165, 1.54) is 5.57 Å². The van der Waals surface area contributed by atoms with Crippen LogP contribution in [0.1, 0.15) is 26.7 Å². The highest BCUT2D eigenvalue weighted by atomic mass is 16.1. The van der Waals surface area contributed by atoms with E-state index < -0.39 is 0 Å². The summed E-state index contributed by atoms with van der Waals surface area (Å²) in [6.45, 7) is 4.49. The smallest absolute Gasteiger partial charge is 0.142 e. The molecule has 1 nitrogen and oxygen atoms in total. The Morgan fingerprint density at radius 1 is 1.30 bits per heavy atom. The van der Waals surface area contributed by atoms with Crippen LogP contribution in [0.5, 0.6) is 0 Å². The van der Waals surface area contributed by atoms with Gasteiger partial charge in [-0.15, -0.1) is 0 Å². The normalized spacial score (nSPS) is 32.4. The summed E-state index contributed by atoms with van der Waals surface area (Å²) in [6.07, 6.45) is 4.87. The van der Waals surface area contributed by atoms with Crippen molar-refractivity contribution in [2.24, 2.45) is 11.8 Å².